The third-order valence-electron chi connectivity index (χ3n) is 4.82. The first-order chi connectivity index (χ1) is 14.6. The van der Waals surface area contributed by atoms with Gasteiger partial charge in [-0.3, -0.25) is 14.6 Å². The van der Waals surface area contributed by atoms with Gasteiger partial charge in [0, 0.05) is 18.4 Å². The van der Waals surface area contributed by atoms with Gasteiger partial charge in [0.1, 0.15) is 6.10 Å². The van der Waals surface area contributed by atoms with Crippen molar-refractivity contribution in [2.24, 2.45) is 0 Å². The van der Waals surface area contributed by atoms with Crippen LogP contribution in [0.15, 0.2) is 66.9 Å². The predicted molar refractivity (Wildman–Crippen MR) is 113 cm³/mol. The standard InChI is InChI=1S/C23H27N3O4/c27-16-21-20(26-23(29)14-18-8-4-5-12-24-18)10-9-19(30-21)15-22(28)25-13-11-17-6-2-1-3-7-17/h1-10,12,19-21,27H,11,13-16H2,(H,25,28)(H,26,29)/t19-,20-,21-/m0/s1. The SMILES string of the molecule is O=C(C[C@@H]1C=C[C@H](NC(=O)Cc2ccccn2)[C@H](CO)O1)NCCc1ccccc1. The third kappa shape index (κ3) is 6.79. The van der Waals surface area contributed by atoms with E-state index in [1.54, 1.807) is 30.5 Å². The summed E-state index contributed by atoms with van der Waals surface area (Å²) in [6.07, 6.45) is 5.20. The maximum Gasteiger partial charge on any atom is 0.226 e. The zero-order valence-corrected chi connectivity index (χ0v) is 16.7. The van der Waals surface area contributed by atoms with Crippen molar-refractivity contribution in [2.45, 2.75) is 37.5 Å². The summed E-state index contributed by atoms with van der Waals surface area (Å²) in [7, 11) is 0. The summed E-state index contributed by atoms with van der Waals surface area (Å²) >= 11 is 0. The summed E-state index contributed by atoms with van der Waals surface area (Å²) in [5, 5.41) is 15.4. The van der Waals surface area contributed by atoms with E-state index >= 15 is 0 Å². The Balaban J connectivity index is 1.44. The molecule has 3 N–H and O–H groups in total. The predicted octanol–water partition coefficient (Wildman–Crippen LogP) is 1.17. The minimum atomic E-state index is -0.607. The molecule has 1 aliphatic heterocycles. The number of aromatic nitrogens is 1. The average molecular weight is 409 g/mol. The second-order valence-electron chi connectivity index (χ2n) is 7.16. The molecule has 1 aromatic heterocycles. The van der Waals surface area contributed by atoms with Crippen LogP contribution in [-0.2, 0) is 27.2 Å². The van der Waals surface area contributed by atoms with Gasteiger partial charge < -0.3 is 20.5 Å². The highest BCUT2D eigenvalue weighted by Gasteiger charge is 2.29. The lowest BCUT2D eigenvalue weighted by atomic mass is 10.0. The Labute approximate surface area is 176 Å². The smallest absolute Gasteiger partial charge is 0.226 e. The van der Waals surface area contributed by atoms with E-state index in [0.29, 0.717) is 12.2 Å². The first-order valence-electron chi connectivity index (χ1n) is 10.1. The third-order valence-corrected chi connectivity index (χ3v) is 4.82. The number of rotatable bonds is 9. The van der Waals surface area contributed by atoms with Crippen LogP contribution >= 0.6 is 0 Å². The van der Waals surface area contributed by atoms with Gasteiger partial charge in [0.15, 0.2) is 0 Å². The largest absolute Gasteiger partial charge is 0.394 e. The molecule has 7 nitrogen and oxygen atoms in total. The molecule has 2 heterocycles. The molecule has 0 saturated heterocycles. The summed E-state index contributed by atoms with van der Waals surface area (Å²) in [6, 6.07) is 14.9. The number of benzene rings is 1. The van der Waals surface area contributed by atoms with Crippen molar-refractivity contribution in [1.82, 2.24) is 15.6 Å². The van der Waals surface area contributed by atoms with Crippen molar-refractivity contribution in [2.75, 3.05) is 13.2 Å². The molecule has 2 amide bonds. The van der Waals surface area contributed by atoms with Crippen LogP contribution in [0.2, 0.25) is 0 Å². The van der Waals surface area contributed by atoms with Crippen LogP contribution < -0.4 is 10.6 Å². The first-order valence-corrected chi connectivity index (χ1v) is 10.1. The maximum atomic E-state index is 12.3. The molecule has 0 saturated carbocycles. The summed E-state index contributed by atoms with van der Waals surface area (Å²) < 4.78 is 5.81. The van der Waals surface area contributed by atoms with Gasteiger partial charge in [-0.2, -0.15) is 0 Å². The van der Waals surface area contributed by atoms with E-state index in [1.165, 1.54) is 0 Å². The van der Waals surface area contributed by atoms with Crippen LogP contribution in [0.4, 0.5) is 0 Å². The van der Waals surface area contributed by atoms with E-state index in [9.17, 15) is 14.7 Å². The second kappa shape index (κ2) is 11.2. The Morgan fingerprint density at radius 1 is 1.03 bits per heavy atom. The summed E-state index contributed by atoms with van der Waals surface area (Å²) in [6.45, 7) is 0.292. The molecule has 0 radical (unpaired) electrons. The van der Waals surface area contributed by atoms with Crippen molar-refractivity contribution in [3.8, 4) is 0 Å². The van der Waals surface area contributed by atoms with Crippen LogP contribution in [0.5, 0.6) is 0 Å². The Bertz CT molecular complexity index is 842. The summed E-state index contributed by atoms with van der Waals surface area (Å²) in [4.78, 5) is 28.6. The fraction of sp³-hybridized carbons (Fsp3) is 0.348. The molecule has 3 rings (SSSR count). The number of aliphatic hydroxyl groups excluding tert-OH is 1. The summed E-state index contributed by atoms with van der Waals surface area (Å²) in [5.74, 6) is -0.322. The van der Waals surface area contributed by atoms with E-state index < -0.39 is 18.2 Å². The molecule has 0 spiro atoms. The van der Waals surface area contributed by atoms with E-state index in [-0.39, 0.29) is 31.3 Å². The topological polar surface area (TPSA) is 101 Å². The Morgan fingerprint density at radius 3 is 2.57 bits per heavy atom. The number of hydrogen-bond donors (Lipinski definition) is 3. The number of ether oxygens (including phenoxy) is 1. The number of aliphatic hydroxyl groups is 1. The van der Waals surface area contributed by atoms with E-state index in [1.807, 2.05) is 36.4 Å². The number of nitrogens with zero attached hydrogens (tertiary/aromatic N) is 1. The van der Waals surface area contributed by atoms with E-state index in [0.717, 1.165) is 12.0 Å². The van der Waals surface area contributed by atoms with Crippen LogP contribution in [0, 0.1) is 0 Å². The molecule has 158 valence electrons. The van der Waals surface area contributed by atoms with Crippen LogP contribution in [-0.4, -0.2) is 53.3 Å². The molecule has 3 atom stereocenters. The highest BCUT2D eigenvalue weighted by molar-refractivity contribution is 5.79. The van der Waals surface area contributed by atoms with E-state index in [4.69, 9.17) is 4.74 Å². The van der Waals surface area contributed by atoms with Crippen LogP contribution in [0.1, 0.15) is 17.7 Å². The Kier molecular flexibility index (Phi) is 8.11. The van der Waals surface area contributed by atoms with Crippen molar-refractivity contribution >= 4 is 11.8 Å². The molecule has 30 heavy (non-hydrogen) atoms. The molecule has 1 aromatic carbocycles. The lowest BCUT2D eigenvalue weighted by Gasteiger charge is -2.31. The van der Waals surface area contributed by atoms with Gasteiger partial charge in [-0.25, -0.2) is 0 Å². The zero-order valence-electron chi connectivity index (χ0n) is 16.7. The molecule has 7 heteroatoms. The average Bonchev–Trinajstić information content (AvgIpc) is 2.76. The minimum absolute atomic E-state index is 0.116. The number of pyridine rings is 1. The monoisotopic (exact) mass is 409 g/mol. The lowest BCUT2D eigenvalue weighted by Crippen LogP contribution is -2.49. The number of hydrogen-bond acceptors (Lipinski definition) is 5. The Hall–Kier alpha value is -3.03. The van der Waals surface area contributed by atoms with Gasteiger partial charge in [-0.05, 0) is 24.1 Å². The molecule has 0 unspecified atom stereocenters. The molecule has 0 aliphatic carbocycles. The summed E-state index contributed by atoms with van der Waals surface area (Å²) in [5.41, 5.74) is 1.83. The first kappa shape index (κ1) is 21.7. The molecule has 0 fully saturated rings. The van der Waals surface area contributed by atoms with Crippen LogP contribution in [0.3, 0.4) is 0 Å². The van der Waals surface area contributed by atoms with Gasteiger partial charge in [0.05, 0.1) is 31.6 Å². The minimum Gasteiger partial charge on any atom is -0.394 e. The van der Waals surface area contributed by atoms with Crippen molar-refractivity contribution in [1.29, 1.82) is 0 Å². The van der Waals surface area contributed by atoms with Crippen molar-refractivity contribution < 1.29 is 19.4 Å². The van der Waals surface area contributed by atoms with Crippen molar-refractivity contribution in [3.63, 3.8) is 0 Å². The molecular weight excluding hydrogens is 382 g/mol. The zero-order chi connectivity index (χ0) is 21.2. The highest BCUT2D eigenvalue weighted by atomic mass is 16.5. The quantitative estimate of drug-likeness (QED) is 0.540. The highest BCUT2D eigenvalue weighted by Crippen LogP contribution is 2.16. The van der Waals surface area contributed by atoms with Gasteiger partial charge in [-0.15, -0.1) is 0 Å². The van der Waals surface area contributed by atoms with Gasteiger partial charge in [0.25, 0.3) is 0 Å². The number of amides is 2. The molecular formula is C23H27N3O4. The lowest BCUT2D eigenvalue weighted by molar-refractivity contribution is -0.128. The fourth-order valence-corrected chi connectivity index (χ4v) is 3.29. The number of carbonyl (C=O) groups excluding carboxylic acids is 2. The maximum absolute atomic E-state index is 12.3. The van der Waals surface area contributed by atoms with Gasteiger partial charge in [0.2, 0.25) is 11.8 Å². The van der Waals surface area contributed by atoms with Crippen LogP contribution in [0.25, 0.3) is 0 Å². The second-order valence-corrected chi connectivity index (χ2v) is 7.16. The van der Waals surface area contributed by atoms with Gasteiger partial charge >= 0.3 is 0 Å². The fourth-order valence-electron chi connectivity index (χ4n) is 3.29. The molecule has 2 aromatic rings. The molecule has 0 bridgehead atoms. The van der Waals surface area contributed by atoms with Crippen molar-refractivity contribution in [3.05, 3.63) is 78.1 Å². The number of nitrogens with one attached hydrogen (secondary N) is 2. The molecule has 1 aliphatic rings. The normalized spacial score (nSPS) is 20.5. The Morgan fingerprint density at radius 2 is 1.83 bits per heavy atom. The number of carbonyl (C=O) groups is 2. The van der Waals surface area contributed by atoms with E-state index in [2.05, 4.69) is 15.6 Å². The van der Waals surface area contributed by atoms with Gasteiger partial charge in [-0.1, -0.05) is 48.6 Å².